The van der Waals surface area contributed by atoms with Gasteiger partial charge in [0.15, 0.2) is 0 Å². The van der Waals surface area contributed by atoms with Crippen LogP contribution in [0.1, 0.15) is 60.8 Å². The lowest BCUT2D eigenvalue weighted by atomic mass is 9.91. The third-order valence-corrected chi connectivity index (χ3v) is 4.58. The van der Waals surface area contributed by atoms with Crippen molar-refractivity contribution in [3.8, 4) is 0 Å². The van der Waals surface area contributed by atoms with E-state index in [-0.39, 0.29) is 12.1 Å². The molecule has 5 heteroatoms. The molecule has 1 aliphatic heterocycles. The van der Waals surface area contributed by atoms with Crippen LogP contribution in [-0.4, -0.2) is 54.9 Å². The van der Waals surface area contributed by atoms with Gasteiger partial charge < -0.3 is 20.3 Å². The normalized spacial score (nSPS) is 22.4. The minimum absolute atomic E-state index is 0.287. The van der Waals surface area contributed by atoms with E-state index >= 15 is 0 Å². The molecular weight excluding hydrogens is 290 g/mol. The van der Waals surface area contributed by atoms with Gasteiger partial charge in [0.25, 0.3) is 0 Å². The van der Waals surface area contributed by atoms with Crippen molar-refractivity contribution in [1.82, 2.24) is 15.5 Å². The molecule has 1 heterocycles. The molecule has 0 aromatic rings. The fraction of sp³-hybridized carbons (Fsp3) is 0.944. The summed E-state index contributed by atoms with van der Waals surface area (Å²) in [4.78, 5) is 14.3. The first-order valence-corrected chi connectivity index (χ1v) is 9.20. The van der Waals surface area contributed by atoms with Gasteiger partial charge in [-0.15, -0.1) is 0 Å². The van der Waals surface area contributed by atoms with Gasteiger partial charge in [-0.1, -0.05) is 13.8 Å². The summed E-state index contributed by atoms with van der Waals surface area (Å²) in [5.41, 5.74) is -0.446. The van der Waals surface area contributed by atoms with Crippen LogP contribution in [0.15, 0.2) is 0 Å². The monoisotopic (exact) mass is 327 g/mol. The zero-order valence-electron chi connectivity index (χ0n) is 15.9. The summed E-state index contributed by atoms with van der Waals surface area (Å²) in [5.74, 6) is 0.694. The molecule has 3 unspecified atom stereocenters. The Balaban J connectivity index is 2.38. The minimum atomic E-state index is -0.446. The Labute approximate surface area is 142 Å². The molecule has 5 nitrogen and oxygen atoms in total. The van der Waals surface area contributed by atoms with E-state index in [0.717, 1.165) is 13.0 Å². The first kappa shape index (κ1) is 20.2. The molecule has 1 aliphatic rings. The van der Waals surface area contributed by atoms with Crippen LogP contribution >= 0.6 is 0 Å². The van der Waals surface area contributed by atoms with E-state index in [1.165, 1.54) is 25.9 Å². The van der Waals surface area contributed by atoms with Crippen molar-refractivity contribution in [3.63, 3.8) is 0 Å². The van der Waals surface area contributed by atoms with Gasteiger partial charge in [-0.05, 0) is 66.0 Å². The molecule has 0 spiro atoms. The fourth-order valence-electron chi connectivity index (χ4n) is 3.14. The molecule has 0 bridgehead atoms. The van der Waals surface area contributed by atoms with Crippen LogP contribution in [0.5, 0.6) is 0 Å². The number of amides is 1. The Bertz CT molecular complexity index is 355. The molecule has 23 heavy (non-hydrogen) atoms. The van der Waals surface area contributed by atoms with Gasteiger partial charge >= 0.3 is 6.09 Å². The molecule has 1 amide bonds. The Morgan fingerprint density at radius 3 is 2.61 bits per heavy atom. The van der Waals surface area contributed by atoms with E-state index < -0.39 is 5.60 Å². The first-order valence-electron chi connectivity index (χ1n) is 9.20. The number of alkyl carbamates (subject to hydrolysis) is 1. The fourth-order valence-corrected chi connectivity index (χ4v) is 3.14. The van der Waals surface area contributed by atoms with Crippen LogP contribution in [0, 0.1) is 5.92 Å². The minimum Gasteiger partial charge on any atom is -0.444 e. The maximum atomic E-state index is 11.8. The highest BCUT2D eigenvalue weighted by molar-refractivity contribution is 5.67. The molecule has 0 aliphatic carbocycles. The Kier molecular flexibility index (Phi) is 8.34. The topological polar surface area (TPSA) is 53.6 Å². The van der Waals surface area contributed by atoms with E-state index in [0.29, 0.717) is 18.5 Å². The summed E-state index contributed by atoms with van der Waals surface area (Å²) in [6, 6.07) is 0.754. The van der Waals surface area contributed by atoms with E-state index in [4.69, 9.17) is 4.74 Å². The smallest absolute Gasteiger partial charge is 0.407 e. The number of carbonyl (C=O) groups excluding carboxylic acids is 1. The molecule has 136 valence electrons. The number of rotatable bonds is 7. The van der Waals surface area contributed by atoms with Crippen molar-refractivity contribution in [1.29, 1.82) is 0 Å². The molecule has 0 aromatic heterocycles. The van der Waals surface area contributed by atoms with E-state index in [9.17, 15) is 4.79 Å². The maximum absolute atomic E-state index is 11.8. The lowest BCUT2D eigenvalue weighted by molar-refractivity contribution is 0.0520. The third kappa shape index (κ3) is 8.02. The van der Waals surface area contributed by atoms with Gasteiger partial charge in [0.2, 0.25) is 0 Å². The summed E-state index contributed by atoms with van der Waals surface area (Å²) in [6.45, 7) is 16.5. The summed E-state index contributed by atoms with van der Waals surface area (Å²) in [6.07, 6.45) is 3.24. The van der Waals surface area contributed by atoms with Crippen molar-refractivity contribution in [2.45, 2.75) is 78.5 Å². The zero-order chi connectivity index (χ0) is 17.5. The highest BCUT2D eigenvalue weighted by atomic mass is 16.6. The number of nitrogens with one attached hydrogen (secondary N) is 2. The number of piperidine rings is 1. The number of hydrogen-bond donors (Lipinski definition) is 2. The number of likely N-dealkylation sites (tertiary alicyclic amines) is 1. The zero-order valence-corrected chi connectivity index (χ0v) is 15.9. The van der Waals surface area contributed by atoms with Gasteiger partial charge in [-0.2, -0.15) is 0 Å². The van der Waals surface area contributed by atoms with Crippen LogP contribution in [0.4, 0.5) is 4.79 Å². The molecule has 0 aromatic carbocycles. The second-order valence-electron chi connectivity index (χ2n) is 7.74. The highest BCUT2D eigenvalue weighted by Gasteiger charge is 2.25. The van der Waals surface area contributed by atoms with Gasteiger partial charge in [-0.25, -0.2) is 4.79 Å². The summed E-state index contributed by atoms with van der Waals surface area (Å²) < 4.78 is 5.30. The first-order chi connectivity index (χ1) is 10.7. The van der Waals surface area contributed by atoms with Crippen molar-refractivity contribution in [2.75, 3.05) is 26.2 Å². The lowest BCUT2D eigenvalue weighted by Gasteiger charge is -2.37. The molecule has 1 fully saturated rings. The Hall–Kier alpha value is -0.810. The molecule has 1 rings (SSSR count). The number of carbonyl (C=O) groups is 1. The van der Waals surface area contributed by atoms with Gasteiger partial charge in [-0.3, -0.25) is 0 Å². The summed E-state index contributed by atoms with van der Waals surface area (Å²) in [7, 11) is 0. The quantitative estimate of drug-likeness (QED) is 0.755. The molecule has 2 N–H and O–H groups in total. The van der Waals surface area contributed by atoms with Crippen LogP contribution < -0.4 is 10.6 Å². The molecule has 1 saturated heterocycles. The maximum Gasteiger partial charge on any atom is 0.407 e. The second kappa shape index (κ2) is 9.48. The molecule has 0 radical (unpaired) electrons. The van der Waals surface area contributed by atoms with Crippen LogP contribution in [0.2, 0.25) is 0 Å². The Morgan fingerprint density at radius 2 is 2.04 bits per heavy atom. The van der Waals surface area contributed by atoms with Gasteiger partial charge in [0, 0.05) is 25.2 Å². The highest BCUT2D eigenvalue weighted by Crippen LogP contribution is 2.20. The average molecular weight is 328 g/mol. The molecule has 0 saturated carbocycles. The predicted molar refractivity (Wildman–Crippen MR) is 95.8 cm³/mol. The van der Waals surface area contributed by atoms with Crippen LogP contribution in [-0.2, 0) is 4.74 Å². The van der Waals surface area contributed by atoms with Crippen molar-refractivity contribution < 1.29 is 9.53 Å². The SMILES string of the molecule is CCC(CNC(=O)OC(C)(C)C)NC(C)C1CCCN(CC)C1. The molecule has 3 atom stereocenters. The summed E-state index contributed by atoms with van der Waals surface area (Å²) in [5, 5.41) is 6.59. The number of hydrogen-bond acceptors (Lipinski definition) is 4. The van der Waals surface area contributed by atoms with Crippen molar-refractivity contribution in [2.24, 2.45) is 5.92 Å². The van der Waals surface area contributed by atoms with Crippen LogP contribution in [0.3, 0.4) is 0 Å². The predicted octanol–water partition coefficient (Wildman–Crippen LogP) is 3.00. The second-order valence-corrected chi connectivity index (χ2v) is 7.74. The molecular formula is C18H37N3O2. The number of nitrogens with zero attached hydrogens (tertiary/aromatic N) is 1. The number of ether oxygens (including phenoxy) is 1. The van der Waals surface area contributed by atoms with Crippen molar-refractivity contribution >= 4 is 6.09 Å². The summed E-state index contributed by atoms with van der Waals surface area (Å²) >= 11 is 0. The average Bonchev–Trinajstić information content (AvgIpc) is 2.49. The lowest BCUT2D eigenvalue weighted by Crippen LogP contribution is -2.50. The van der Waals surface area contributed by atoms with E-state index in [2.05, 4.69) is 36.3 Å². The van der Waals surface area contributed by atoms with Gasteiger partial charge in [0.1, 0.15) is 5.60 Å². The third-order valence-electron chi connectivity index (χ3n) is 4.58. The van der Waals surface area contributed by atoms with Crippen molar-refractivity contribution in [3.05, 3.63) is 0 Å². The van der Waals surface area contributed by atoms with Crippen LogP contribution in [0.25, 0.3) is 0 Å². The van der Waals surface area contributed by atoms with E-state index in [1.807, 2.05) is 20.8 Å². The standard InChI is InChI=1S/C18H37N3O2/c1-7-16(12-19-17(22)23-18(4,5)6)20-14(3)15-10-9-11-21(8-2)13-15/h14-16,20H,7-13H2,1-6H3,(H,19,22). The largest absolute Gasteiger partial charge is 0.444 e. The van der Waals surface area contributed by atoms with Gasteiger partial charge in [0.05, 0.1) is 0 Å². The van der Waals surface area contributed by atoms with E-state index in [1.54, 1.807) is 0 Å². The Morgan fingerprint density at radius 1 is 1.35 bits per heavy atom.